The minimum atomic E-state index is -0.319. The number of halogens is 2. The summed E-state index contributed by atoms with van der Waals surface area (Å²) < 4.78 is 17.1. The second-order valence-corrected chi connectivity index (χ2v) is 3.82. The molecule has 0 heterocycles. The van der Waals surface area contributed by atoms with Gasteiger partial charge < -0.3 is 4.74 Å². The van der Waals surface area contributed by atoms with Crippen molar-refractivity contribution in [3.8, 4) is 5.75 Å². The van der Waals surface area contributed by atoms with Crippen molar-refractivity contribution < 1.29 is 9.13 Å². The molecular weight excluding hydrogens is 259 g/mol. The van der Waals surface area contributed by atoms with Crippen LogP contribution in [0, 0.1) is 5.82 Å². The summed E-state index contributed by atoms with van der Waals surface area (Å²) >= 11 is 3.35. The van der Waals surface area contributed by atoms with Gasteiger partial charge in [-0.3, -0.25) is 0 Å². The van der Waals surface area contributed by atoms with Gasteiger partial charge in [-0.2, -0.15) is 0 Å². The Bertz CT molecular complexity index is 249. The van der Waals surface area contributed by atoms with Gasteiger partial charge in [-0.1, -0.05) is 47.8 Å². The summed E-state index contributed by atoms with van der Waals surface area (Å²) in [5.74, 6) is -0.0301. The van der Waals surface area contributed by atoms with Gasteiger partial charge in [0.2, 0.25) is 0 Å². The van der Waals surface area contributed by atoms with Crippen molar-refractivity contribution in [2.24, 2.45) is 0 Å². The molecule has 3 heteroatoms. The number of alkyl halides is 1. The highest BCUT2D eigenvalue weighted by atomic mass is 79.9. The maximum atomic E-state index is 12.5. The Morgan fingerprint density at radius 3 is 2.27 bits per heavy atom. The maximum absolute atomic E-state index is 12.5. The molecule has 0 aliphatic rings. The highest BCUT2D eigenvalue weighted by molar-refractivity contribution is 9.09. The smallest absolute Gasteiger partial charge is 0.165 e. The molecule has 0 radical (unpaired) electrons. The van der Waals surface area contributed by atoms with Crippen molar-refractivity contribution in [2.75, 3.05) is 12.4 Å². The largest absolute Gasteiger partial charge is 0.494 e. The summed E-state index contributed by atoms with van der Waals surface area (Å²) in [7, 11) is 1.44. The highest BCUT2D eigenvalue weighted by Gasteiger charge is 1.95. The van der Waals surface area contributed by atoms with Crippen LogP contribution in [0.5, 0.6) is 5.75 Å². The predicted octanol–water partition coefficient (Wildman–Crippen LogP) is 4.41. The number of hydrogen-bond donors (Lipinski definition) is 0. The van der Waals surface area contributed by atoms with Crippen LogP contribution >= 0.6 is 15.9 Å². The zero-order valence-electron chi connectivity index (χ0n) is 9.30. The van der Waals surface area contributed by atoms with E-state index in [0.29, 0.717) is 0 Å². The third-order valence-electron chi connectivity index (χ3n) is 1.79. The van der Waals surface area contributed by atoms with E-state index < -0.39 is 0 Å². The van der Waals surface area contributed by atoms with Crippen LogP contribution in [0.15, 0.2) is 24.3 Å². The summed E-state index contributed by atoms with van der Waals surface area (Å²) in [4.78, 5) is 0. The Balaban J connectivity index is 0.000000288. The van der Waals surface area contributed by atoms with Crippen molar-refractivity contribution in [3.63, 3.8) is 0 Å². The normalized spacial score (nSPS) is 9.07. The quantitative estimate of drug-likeness (QED) is 0.585. The van der Waals surface area contributed by atoms with Crippen LogP contribution in [0.1, 0.15) is 26.2 Å². The molecule has 1 nitrogen and oxygen atoms in total. The molecule has 0 atom stereocenters. The van der Waals surface area contributed by atoms with Gasteiger partial charge in [0, 0.05) is 5.33 Å². The molecule has 0 aromatic heterocycles. The molecular formula is C12H18BrFO. The first-order chi connectivity index (χ1) is 7.26. The summed E-state index contributed by atoms with van der Waals surface area (Å²) in [5, 5.41) is 1.17. The van der Waals surface area contributed by atoms with Crippen LogP contribution in [0.3, 0.4) is 0 Å². The molecule has 0 aliphatic carbocycles. The van der Waals surface area contributed by atoms with Crippen LogP contribution in [0.4, 0.5) is 4.39 Å². The van der Waals surface area contributed by atoms with Gasteiger partial charge in [-0.15, -0.1) is 0 Å². The first kappa shape index (κ1) is 14.4. The lowest BCUT2D eigenvalue weighted by Crippen LogP contribution is -1.85. The summed E-state index contributed by atoms with van der Waals surface area (Å²) in [6.07, 6.45) is 4.02. The van der Waals surface area contributed by atoms with E-state index in [1.807, 2.05) is 0 Å². The third kappa shape index (κ3) is 7.37. The standard InChI is InChI=1S/C7H7FO.C5H11Br/c1-9-7-5-3-2-4-6(7)8;1-2-3-4-5-6/h2-5H,1H3;2-5H2,1H3. The molecule has 0 aliphatic heterocycles. The van der Waals surface area contributed by atoms with Gasteiger partial charge in [0.15, 0.2) is 11.6 Å². The molecule has 0 unspecified atom stereocenters. The van der Waals surface area contributed by atoms with E-state index in [1.54, 1.807) is 18.2 Å². The second kappa shape index (κ2) is 9.97. The lowest BCUT2D eigenvalue weighted by atomic mass is 10.3. The van der Waals surface area contributed by atoms with Gasteiger partial charge in [-0.25, -0.2) is 4.39 Å². The van der Waals surface area contributed by atoms with E-state index in [0.717, 1.165) is 0 Å². The number of rotatable bonds is 4. The average molecular weight is 277 g/mol. The lowest BCUT2D eigenvalue weighted by molar-refractivity contribution is 0.386. The summed E-state index contributed by atoms with van der Waals surface area (Å²) in [6, 6.07) is 6.29. The molecule has 1 rings (SSSR count). The average Bonchev–Trinajstić information content (AvgIpc) is 2.28. The van der Waals surface area contributed by atoms with Crippen molar-refractivity contribution in [1.82, 2.24) is 0 Å². The zero-order chi connectivity index (χ0) is 11.5. The van der Waals surface area contributed by atoms with Gasteiger partial charge in [-0.05, 0) is 18.6 Å². The van der Waals surface area contributed by atoms with E-state index in [9.17, 15) is 4.39 Å². The predicted molar refractivity (Wildman–Crippen MR) is 66.3 cm³/mol. The number of para-hydroxylation sites is 1. The molecule has 1 aromatic rings. The lowest BCUT2D eigenvalue weighted by Gasteiger charge is -1.97. The Hall–Kier alpha value is -0.570. The Morgan fingerprint density at radius 2 is 1.93 bits per heavy atom. The molecule has 0 amide bonds. The summed E-state index contributed by atoms with van der Waals surface area (Å²) in [6.45, 7) is 2.21. The van der Waals surface area contributed by atoms with Crippen molar-refractivity contribution in [2.45, 2.75) is 26.2 Å². The van der Waals surface area contributed by atoms with Crippen LogP contribution in [0.2, 0.25) is 0 Å². The Kier molecular flexibility index (Phi) is 9.59. The number of benzene rings is 1. The van der Waals surface area contributed by atoms with E-state index >= 15 is 0 Å². The molecule has 0 saturated carbocycles. The van der Waals surface area contributed by atoms with Crippen LogP contribution in [-0.4, -0.2) is 12.4 Å². The van der Waals surface area contributed by atoms with Crippen LogP contribution < -0.4 is 4.74 Å². The van der Waals surface area contributed by atoms with Gasteiger partial charge in [0.1, 0.15) is 0 Å². The molecule has 15 heavy (non-hydrogen) atoms. The minimum Gasteiger partial charge on any atom is -0.494 e. The molecule has 0 spiro atoms. The maximum Gasteiger partial charge on any atom is 0.165 e. The first-order valence-corrected chi connectivity index (χ1v) is 6.22. The van der Waals surface area contributed by atoms with Crippen molar-refractivity contribution >= 4 is 15.9 Å². The topological polar surface area (TPSA) is 9.23 Å². The molecule has 86 valence electrons. The van der Waals surface area contributed by atoms with E-state index in [4.69, 9.17) is 0 Å². The molecule has 0 saturated heterocycles. The molecule has 1 aromatic carbocycles. The van der Waals surface area contributed by atoms with Gasteiger partial charge in [0.05, 0.1) is 7.11 Å². The van der Waals surface area contributed by atoms with Crippen LogP contribution in [0.25, 0.3) is 0 Å². The minimum absolute atomic E-state index is 0.289. The fourth-order valence-electron chi connectivity index (χ4n) is 0.955. The molecule has 0 fully saturated rings. The molecule has 0 N–H and O–H groups in total. The third-order valence-corrected chi connectivity index (χ3v) is 2.35. The van der Waals surface area contributed by atoms with Gasteiger partial charge >= 0.3 is 0 Å². The first-order valence-electron chi connectivity index (χ1n) is 5.10. The van der Waals surface area contributed by atoms with Gasteiger partial charge in [0.25, 0.3) is 0 Å². The second-order valence-electron chi connectivity index (χ2n) is 3.03. The Morgan fingerprint density at radius 1 is 1.27 bits per heavy atom. The Labute approximate surface area is 99.8 Å². The number of ether oxygens (including phenoxy) is 1. The highest BCUT2D eigenvalue weighted by Crippen LogP contribution is 2.13. The fourth-order valence-corrected chi connectivity index (χ4v) is 1.35. The van der Waals surface area contributed by atoms with E-state index in [-0.39, 0.29) is 11.6 Å². The fraction of sp³-hybridized carbons (Fsp3) is 0.500. The van der Waals surface area contributed by atoms with E-state index in [1.165, 1.54) is 37.8 Å². The monoisotopic (exact) mass is 276 g/mol. The SMILES string of the molecule is CCCCCBr.COc1ccccc1F. The zero-order valence-corrected chi connectivity index (χ0v) is 10.9. The molecule has 0 bridgehead atoms. The van der Waals surface area contributed by atoms with E-state index in [2.05, 4.69) is 27.6 Å². The van der Waals surface area contributed by atoms with Crippen molar-refractivity contribution in [1.29, 1.82) is 0 Å². The van der Waals surface area contributed by atoms with Crippen LogP contribution in [-0.2, 0) is 0 Å². The number of unbranched alkanes of at least 4 members (excludes halogenated alkanes) is 2. The number of methoxy groups -OCH3 is 1. The summed E-state index contributed by atoms with van der Waals surface area (Å²) in [5.41, 5.74) is 0. The number of hydrogen-bond acceptors (Lipinski definition) is 1. The van der Waals surface area contributed by atoms with Crippen molar-refractivity contribution in [3.05, 3.63) is 30.1 Å².